The fourth-order valence-electron chi connectivity index (χ4n) is 3.14. The number of pyridine rings is 1. The van der Waals surface area contributed by atoms with Gasteiger partial charge < -0.3 is 19.7 Å². The van der Waals surface area contributed by atoms with Gasteiger partial charge in [-0.15, -0.1) is 0 Å². The van der Waals surface area contributed by atoms with Crippen LogP contribution in [0.1, 0.15) is 50.6 Å². The molecule has 3 heterocycles. The highest BCUT2D eigenvalue weighted by Crippen LogP contribution is 2.26. The van der Waals surface area contributed by atoms with Crippen LogP contribution in [0.5, 0.6) is 0 Å². The van der Waals surface area contributed by atoms with E-state index >= 15 is 0 Å². The van der Waals surface area contributed by atoms with Gasteiger partial charge in [-0.25, -0.2) is 0 Å². The van der Waals surface area contributed by atoms with Crippen LogP contribution in [-0.4, -0.2) is 40.1 Å². The summed E-state index contributed by atoms with van der Waals surface area (Å²) >= 11 is 0. The highest BCUT2D eigenvalue weighted by atomic mass is 16.5. The van der Waals surface area contributed by atoms with Crippen LogP contribution in [0.25, 0.3) is 0 Å². The van der Waals surface area contributed by atoms with E-state index in [1.165, 1.54) is 5.56 Å². The lowest BCUT2D eigenvalue weighted by Gasteiger charge is -2.34. The van der Waals surface area contributed by atoms with Crippen LogP contribution >= 0.6 is 0 Å². The first-order chi connectivity index (χ1) is 12.4. The third-order valence-electron chi connectivity index (χ3n) is 4.74. The molecule has 26 heavy (non-hydrogen) atoms. The Morgan fingerprint density at radius 3 is 2.69 bits per heavy atom. The maximum atomic E-state index is 10.3. The van der Waals surface area contributed by atoms with Crippen molar-refractivity contribution < 1.29 is 14.4 Å². The summed E-state index contributed by atoms with van der Waals surface area (Å²) in [5.74, 6) is 0.888. The zero-order valence-corrected chi connectivity index (χ0v) is 15.8. The molecule has 1 fully saturated rings. The molecule has 142 valence electrons. The van der Waals surface area contributed by atoms with E-state index < -0.39 is 6.10 Å². The van der Waals surface area contributed by atoms with Crippen molar-refractivity contribution in [3.63, 3.8) is 0 Å². The Morgan fingerprint density at radius 2 is 2.00 bits per heavy atom. The smallest absolute Gasteiger partial charge is 0.142 e. The van der Waals surface area contributed by atoms with E-state index in [9.17, 15) is 5.11 Å². The lowest BCUT2D eigenvalue weighted by Crippen LogP contribution is -2.45. The fraction of sp³-hybridized carbons (Fsp3) is 0.600. The molecule has 1 aliphatic heterocycles. The highest BCUT2D eigenvalue weighted by Gasteiger charge is 2.30. The zero-order chi connectivity index (χ0) is 18.6. The van der Waals surface area contributed by atoms with Gasteiger partial charge in [0.25, 0.3) is 0 Å². The molecule has 1 aliphatic rings. The van der Waals surface area contributed by atoms with E-state index in [0.717, 1.165) is 30.8 Å². The van der Waals surface area contributed by atoms with Crippen LogP contribution in [0.4, 0.5) is 0 Å². The first kappa shape index (κ1) is 19.0. The maximum absolute atomic E-state index is 10.3. The average molecular weight is 359 g/mol. The number of hydrogen-bond donors (Lipinski definition) is 2. The molecule has 6 nitrogen and oxygen atoms in total. The molecule has 0 amide bonds. The predicted molar refractivity (Wildman–Crippen MR) is 98.8 cm³/mol. The van der Waals surface area contributed by atoms with E-state index in [2.05, 4.69) is 36.2 Å². The van der Waals surface area contributed by atoms with Gasteiger partial charge in [0.2, 0.25) is 0 Å². The number of aliphatic hydroxyl groups excluding tert-OH is 1. The van der Waals surface area contributed by atoms with E-state index in [0.29, 0.717) is 13.0 Å². The zero-order valence-electron chi connectivity index (χ0n) is 15.8. The first-order valence-electron chi connectivity index (χ1n) is 9.31. The van der Waals surface area contributed by atoms with Crippen molar-refractivity contribution in [2.75, 3.05) is 6.54 Å². The summed E-state index contributed by atoms with van der Waals surface area (Å²) < 4.78 is 11.6. The highest BCUT2D eigenvalue weighted by molar-refractivity contribution is 5.14. The largest absolute Gasteiger partial charge is 0.390 e. The number of nitrogens with zero attached hydrogens (tertiary/aromatic N) is 2. The third kappa shape index (κ3) is 5.13. The van der Waals surface area contributed by atoms with Crippen molar-refractivity contribution in [1.29, 1.82) is 0 Å². The SMILES string of the molecule is CC(C)(C)c1cc(C[C@@H]2CC[C@H](O)[C@@H](CNCc3ccncc3)O2)no1. The molecule has 6 heteroatoms. The number of ether oxygens (including phenoxy) is 1. The number of hydrogen-bond acceptors (Lipinski definition) is 6. The van der Waals surface area contributed by atoms with Gasteiger partial charge >= 0.3 is 0 Å². The maximum Gasteiger partial charge on any atom is 0.142 e. The minimum Gasteiger partial charge on any atom is -0.390 e. The predicted octanol–water partition coefficient (Wildman–Crippen LogP) is 2.61. The molecule has 0 saturated carbocycles. The van der Waals surface area contributed by atoms with E-state index in [1.807, 2.05) is 18.2 Å². The third-order valence-corrected chi connectivity index (χ3v) is 4.74. The Morgan fingerprint density at radius 1 is 1.23 bits per heavy atom. The molecule has 0 aromatic carbocycles. The summed E-state index contributed by atoms with van der Waals surface area (Å²) in [4.78, 5) is 4.02. The summed E-state index contributed by atoms with van der Waals surface area (Å²) in [5.41, 5.74) is 2.04. The van der Waals surface area contributed by atoms with Gasteiger partial charge in [-0.2, -0.15) is 0 Å². The molecule has 0 radical (unpaired) electrons. The minimum absolute atomic E-state index is 0.0473. The Bertz CT molecular complexity index is 681. The quantitative estimate of drug-likeness (QED) is 0.825. The van der Waals surface area contributed by atoms with Gasteiger partial charge in [0.1, 0.15) is 5.76 Å². The van der Waals surface area contributed by atoms with Crippen LogP contribution in [0, 0.1) is 0 Å². The van der Waals surface area contributed by atoms with Gasteiger partial charge in [-0.3, -0.25) is 4.98 Å². The lowest BCUT2D eigenvalue weighted by atomic mass is 9.92. The molecule has 0 spiro atoms. The fourth-order valence-corrected chi connectivity index (χ4v) is 3.14. The van der Waals surface area contributed by atoms with Crippen molar-refractivity contribution in [3.05, 3.63) is 47.6 Å². The molecule has 2 N–H and O–H groups in total. The Labute approximate surface area is 155 Å². The molecule has 3 atom stereocenters. The lowest BCUT2D eigenvalue weighted by molar-refractivity contribution is -0.115. The Hall–Kier alpha value is -1.76. The second-order valence-electron chi connectivity index (χ2n) is 8.06. The topological polar surface area (TPSA) is 80.4 Å². The molecular weight excluding hydrogens is 330 g/mol. The standard InChI is InChI=1S/C20H29N3O3/c1-20(2,3)19-11-15(23-26-19)10-16-4-5-17(24)18(25-16)13-22-12-14-6-8-21-9-7-14/h6-9,11,16-18,22,24H,4-5,10,12-13H2,1-3H3/t16-,17-,18+/m0/s1. The Balaban J connectivity index is 1.50. The van der Waals surface area contributed by atoms with Crippen LogP contribution in [0.15, 0.2) is 35.1 Å². The molecule has 0 unspecified atom stereocenters. The summed E-state index contributed by atoms with van der Waals surface area (Å²) in [6.45, 7) is 7.67. The van der Waals surface area contributed by atoms with Crippen molar-refractivity contribution >= 4 is 0 Å². The van der Waals surface area contributed by atoms with Gasteiger partial charge in [0, 0.05) is 43.4 Å². The van der Waals surface area contributed by atoms with Crippen LogP contribution in [-0.2, 0) is 23.1 Å². The summed E-state index contributed by atoms with van der Waals surface area (Å²) in [7, 11) is 0. The molecule has 2 aromatic rings. The number of aliphatic hydroxyl groups is 1. The summed E-state index contributed by atoms with van der Waals surface area (Å²) in [5, 5.41) is 17.8. The van der Waals surface area contributed by atoms with E-state index in [1.54, 1.807) is 12.4 Å². The molecule has 2 aromatic heterocycles. The Kier molecular flexibility index (Phi) is 6.06. The number of rotatable bonds is 6. The summed E-state index contributed by atoms with van der Waals surface area (Å²) in [6, 6.07) is 5.97. The van der Waals surface area contributed by atoms with Crippen LogP contribution < -0.4 is 5.32 Å². The summed E-state index contributed by atoms with van der Waals surface area (Å²) in [6.07, 6.45) is 5.28. The van der Waals surface area contributed by atoms with E-state index in [4.69, 9.17) is 9.26 Å². The number of aromatic nitrogens is 2. The van der Waals surface area contributed by atoms with Gasteiger partial charge in [-0.1, -0.05) is 25.9 Å². The molecule has 0 bridgehead atoms. The molecule has 3 rings (SSSR count). The van der Waals surface area contributed by atoms with E-state index in [-0.39, 0.29) is 17.6 Å². The van der Waals surface area contributed by atoms with Crippen LogP contribution in [0.2, 0.25) is 0 Å². The van der Waals surface area contributed by atoms with Gasteiger partial charge in [-0.05, 0) is 30.5 Å². The van der Waals surface area contributed by atoms with Gasteiger partial charge in [0.15, 0.2) is 0 Å². The minimum atomic E-state index is -0.432. The van der Waals surface area contributed by atoms with Crippen molar-refractivity contribution in [2.24, 2.45) is 0 Å². The second-order valence-corrected chi connectivity index (χ2v) is 8.06. The number of nitrogens with one attached hydrogen (secondary N) is 1. The van der Waals surface area contributed by atoms with Crippen molar-refractivity contribution in [3.8, 4) is 0 Å². The molecule has 1 saturated heterocycles. The van der Waals surface area contributed by atoms with Crippen molar-refractivity contribution in [1.82, 2.24) is 15.5 Å². The molecular formula is C20H29N3O3. The second kappa shape index (κ2) is 8.29. The van der Waals surface area contributed by atoms with Gasteiger partial charge in [0.05, 0.1) is 24.0 Å². The average Bonchev–Trinajstić information content (AvgIpc) is 3.07. The monoisotopic (exact) mass is 359 g/mol. The first-order valence-corrected chi connectivity index (χ1v) is 9.31. The molecule has 0 aliphatic carbocycles. The van der Waals surface area contributed by atoms with Crippen LogP contribution in [0.3, 0.4) is 0 Å². The van der Waals surface area contributed by atoms with Crippen molar-refractivity contribution in [2.45, 2.75) is 70.3 Å². The normalized spacial score (nSPS) is 23.9.